The van der Waals surface area contributed by atoms with E-state index in [1.54, 1.807) is 11.3 Å². The standard InChI is InChI=1S/C11H14N2OS2/c1-2-16(14)8-7-12-11-13-9-5-3-4-6-10(9)15-11/h3-6H,2,7-8H2,1H3,(H,12,13). The largest absolute Gasteiger partial charge is 0.361 e. The van der Waals surface area contributed by atoms with Gasteiger partial charge >= 0.3 is 0 Å². The molecule has 0 aliphatic heterocycles. The number of hydrogen-bond acceptors (Lipinski definition) is 4. The molecule has 0 spiro atoms. The van der Waals surface area contributed by atoms with E-state index in [1.807, 2.05) is 25.1 Å². The maximum Gasteiger partial charge on any atom is 0.183 e. The van der Waals surface area contributed by atoms with Gasteiger partial charge in [0.2, 0.25) is 0 Å². The van der Waals surface area contributed by atoms with Crippen LogP contribution in [0.2, 0.25) is 0 Å². The first-order valence-corrected chi connectivity index (χ1v) is 7.54. The van der Waals surface area contributed by atoms with Crippen molar-refractivity contribution in [2.75, 3.05) is 23.4 Å². The lowest BCUT2D eigenvalue weighted by Gasteiger charge is -2.00. The fourth-order valence-corrected chi connectivity index (χ4v) is 2.87. The second-order valence-electron chi connectivity index (χ2n) is 3.35. The zero-order chi connectivity index (χ0) is 11.4. The number of thiazole rings is 1. The number of nitrogens with one attached hydrogen (secondary N) is 1. The van der Waals surface area contributed by atoms with Crippen LogP contribution in [0.15, 0.2) is 24.3 Å². The molecule has 2 rings (SSSR count). The van der Waals surface area contributed by atoms with Crippen molar-refractivity contribution in [3.05, 3.63) is 24.3 Å². The van der Waals surface area contributed by atoms with E-state index in [0.29, 0.717) is 5.75 Å². The third-order valence-corrected chi connectivity index (χ3v) is 4.52. The molecule has 0 bridgehead atoms. The molecule has 3 nitrogen and oxygen atoms in total. The fourth-order valence-electron chi connectivity index (χ4n) is 1.36. The molecule has 0 aliphatic rings. The number of aromatic nitrogens is 1. The minimum atomic E-state index is -0.704. The van der Waals surface area contributed by atoms with E-state index in [1.165, 1.54) is 4.70 Å². The topological polar surface area (TPSA) is 42.0 Å². The molecule has 0 radical (unpaired) electrons. The van der Waals surface area contributed by atoms with Crippen LogP contribution >= 0.6 is 11.3 Å². The van der Waals surface area contributed by atoms with E-state index in [9.17, 15) is 4.21 Å². The van der Waals surface area contributed by atoms with Crippen molar-refractivity contribution in [1.82, 2.24) is 4.98 Å². The van der Waals surface area contributed by atoms with Crippen LogP contribution < -0.4 is 5.32 Å². The Kier molecular flexibility index (Phi) is 3.90. The molecular weight excluding hydrogens is 240 g/mol. The van der Waals surface area contributed by atoms with Crippen LogP contribution in [0.4, 0.5) is 5.13 Å². The fraction of sp³-hybridized carbons (Fsp3) is 0.364. The van der Waals surface area contributed by atoms with Crippen LogP contribution in [0.1, 0.15) is 6.92 Å². The number of nitrogens with zero attached hydrogens (tertiary/aromatic N) is 1. The monoisotopic (exact) mass is 254 g/mol. The lowest BCUT2D eigenvalue weighted by atomic mass is 10.3. The van der Waals surface area contributed by atoms with Crippen molar-refractivity contribution in [3.63, 3.8) is 0 Å². The molecule has 1 unspecified atom stereocenters. The van der Waals surface area contributed by atoms with Gasteiger partial charge in [0.05, 0.1) is 10.2 Å². The average Bonchev–Trinajstić information content (AvgIpc) is 2.71. The number of benzene rings is 1. The van der Waals surface area contributed by atoms with E-state index in [2.05, 4.69) is 16.4 Å². The number of anilines is 1. The summed E-state index contributed by atoms with van der Waals surface area (Å²) in [6, 6.07) is 8.05. The number of hydrogen-bond donors (Lipinski definition) is 1. The summed E-state index contributed by atoms with van der Waals surface area (Å²) >= 11 is 1.64. The molecule has 5 heteroatoms. The van der Waals surface area contributed by atoms with Gasteiger partial charge < -0.3 is 5.32 Å². The average molecular weight is 254 g/mol. The van der Waals surface area contributed by atoms with Gasteiger partial charge in [0, 0.05) is 28.9 Å². The van der Waals surface area contributed by atoms with Crippen molar-refractivity contribution in [3.8, 4) is 0 Å². The summed E-state index contributed by atoms with van der Waals surface area (Å²) in [5.74, 6) is 1.41. The van der Waals surface area contributed by atoms with Crippen molar-refractivity contribution in [1.29, 1.82) is 0 Å². The van der Waals surface area contributed by atoms with Crippen LogP contribution in [0.5, 0.6) is 0 Å². The van der Waals surface area contributed by atoms with Gasteiger partial charge in [-0.1, -0.05) is 30.4 Å². The Hall–Kier alpha value is -0.940. The van der Waals surface area contributed by atoms with E-state index in [4.69, 9.17) is 0 Å². The van der Waals surface area contributed by atoms with E-state index in [-0.39, 0.29) is 0 Å². The van der Waals surface area contributed by atoms with Gasteiger partial charge in [-0.05, 0) is 12.1 Å². The van der Waals surface area contributed by atoms with Gasteiger partial charge in [-0.3, -0.25) is 4.21 Å². The van der Waals surface area contributed by atoms with Crippen LogP contribution in [-0.4, -0.2) is 27.2 Å². The van der Waals surface area contributed by atoms with Crippen LogP contribution in [0.25, 0.3) is 10.2 Å². The van der Waals surface area contributed by atoms with Gasteiger partial charge in [-0.15, -0.1) is 0 Å². The highest BCUT2D eigenvalue weighted by Crippen LogP contribution is 2.24. The highest BCUT2D eigenvalue weighted by atomic mass is 32.2. The molecule has 0 amide bonds. The summed E-state index contributed by atoms with van der Waals surface area (Å²) in [6.07, 6.45) is 0. The summed E-state index contributed by atoms with van der Waals surface area (Å²) in [7, 11) is -0.704. The van der Waals surface area contributed by atoms with Crippen LogP contribution in [-0.2, 0) is 10.8 Å². The second kappa shape index (κ2) is 5.41. The molecule has 1 N–H and O–H groups in total. The zero-order valence-corrected chi connectivity index (χ0v) is 10.7. The van der Waals surface area contributed by atoms with Gasteiger partial charge in [-0.2, -0.15) is 0 Å². The van der Waals surface area contributed by atoms with E-state index >= 15 is 0 Å². The van der Waals surface area contributed by atoms with Gasteiger partial charge in [0.15, 0.2) is 5.13 Å². The first-order valence-electron chi connectivity index (χ1n) is 5.24. The van der Waals surface area contributed by atoms with Crippen molar-refractivity contribution < 1.29 is 4.21 Å². The third kappa shape index (κ3) is 2.80. The molecule has 0 saturated carbocycles. The van der Waals surface area contributed by atoms with Crippen molar-refractivity contribution in [2.45, 2.75) is 6.92 Å². The summed E-state index contributed by atoms with van der Waals surface area (Å²) < 4.78 is 12.4. The third-order valence-electron chi connectivity index (χ3n) is 2.22. The molecule has 2 aromatic rings. The quantitative estimate of drug-likeness (QED) is 0.891. The number of fused-ring (bicyclic) bond motifs is 1. The Morgan fingerprint density at radius 2 is 2.25 bits per heavy atom. The molecule has 1 heterocycles. The second-order valence-corrected chi connectivity index (χ2v) is 6.24. The van der Waals surface area contributed by atoms with Gasteiger partial charge in [0.25, 0.3) is 0 Å². The Morgan fingerprint density at radius 1 is 1.44 bits per heavy atom. The molecule has 0 aliphatic carbocycles. The lowest BCUT2D eigenvalue weighted by Crippen LogP contribution is -2.11. The first-order chi connectivity index (χ1) is 7.79. The Balaban J connectivity index is 1.97. The normalized spacial score (nSPS) is 12.8. The van der Waals surface area contributed by atoms with Crippen molar-refractivity contribution in [2.24, 2.45) is 0 Å². The Morgan fingerprint density at radius 3 is 3.00 bits per heavy atom. The summed E-state index contributed by atoms with van der Waals surface area (Å²) in [5, 5.41) is 4.13. The highest BCUT2D eigenvalue weighted by molar-refractivity contribution is 7.84. The maximum absolute atomic E-state index is 11.2. The number of rotatable bonds is 5. The van der Waals surface area contributed by atoms with Crippen LogP contribution in [0, 0.1) is 0 Å². The predicted octanol–water partition coefficient (Wildman–Crippen LogP) is 2.48. The lowest BCUT2D eigenvalue weighted by molar-refractivity contribution is 0.684. The molecule has 1 aromatic carbocycles. The van der Waals surface area contributed by atoms with Gasteiger partial charge in [-0.25, -0.2) is 4.98 Å². The molecular formula is C11H14N2OS2. The molecule has 1 atom stereocenters. The Labute approximate surface area is 101 Å². The maximum atomic E-state index is 11.2. The zero-order valence-electron chi connectivity index (χ0n) is 9.10. The minimum Gasteiger partial charge on any atom is -0.361 e. The number of para-hydroxylation sites is 1. The Bertz CT molecular complexity index is 462. The summed E-state index contributed by atoms with van der Waals surface area (Å²) in [6.45, 7) is 2.66. The molecule has 16 heavy (non-hydrogen) atoms. The smallest absolute Gasteiger partial charge is 0.183 e. The minimum absolute atomic E-state index is 0.687. The SMILES string of the molecule is CCS(=O)CCNc1nc2ccccc2s1. The van der Waals surface area contributed by atoms with E-state index in [0.717, 1.165) is 22.9 Å². The predicted molar refractivity (Wildman–Crippen MR) is 71.7 cm³/mol. The summed E-state index contributed by atoms with van der Waals surface area (Å²) in [4.78, 5) is 4.44. The highest BCUT2D eigenvalue weighted by Gasteiger charge is 2.02. The molecule has 86 valence electrons. The van der Waals surface area contributed by atoms with Crippen molar-refractivity contribution >= 4 is 37.5 Å². The molecule has 1 aromatic heterocycles. The molecule has 0 saturated heterocycles. The van der Waals surface area contributed by atoms with Gasteiger partial charge in [0.1, 0.15) is 0 Å². The molecule has 0 fully saturated rings. The summed E-state index contributed by atoms with van der Waals surface area (Å²) in [5.41, 5.74) is 1.02. The van der Waals surface area contributed by atoms with E-state index < -0.39 is 10.8 Å². The first kappa shape index (κ1) is 11.5. The van der Waals surface area contributed by atoms with Crippen LogP contribution in [0.3, 0.4) is 0 Å².